The molecule has 3 N–H and O–H groups in total. The minimum absolute atomic E-state index is 0. The number of amides is 1. The molecule has 3 rings (SSSR count). The average molecular weight is 372 g/mol. The molecule has 0 spiro atoms. The van der Waals surface area contributed by atoms with Gasteiger partial charge in [0.1, 0.15) is 11.6 Å². The number of rotatable bonds is 7. The topological polar surface area (TPSA) is 101 Å². The van der Waals surface area contributed by atoms with Gasteiger partial charge in [0.05, 0.1) is 11.9 Å². The largest absolute Gasteiger partial charge is 0.354 e. The first-order valence-electron chi connectivity index (χ1n) is 7.80. The van der Waals surface area contributed by atoms with E-state index < -0.39 is 0 Å². The standard InChI is InChI=1S/C14H21N7OS.ClH/c22-13(16-5-7-23-14-9-17-20-18-14)10-21-6-3-12(19-21)11-2-1-4-15-8-11;/h3,6,9,11,15H,1-2,4-5,7-8,10H2,(H,16,22)(H,17,18,20);1H. The molecule has 0 aromatic carbocycles. The molecule has 24 heavy (non-hydrogen) atoms. The highest BCUT2D eigenvalue weighted by molar-refractivity contribution is 7.99. The lowest BCUT2D eigenvalue weighted by Crippen LogP contribution is -2.30. The molecule has 0 aliphatic carbocycles. The van der Waals surface area contributed by atoms with Crippen LogP contribution in [0.3, 0.4) is 0 Å². The van der Waals surface area contributed by atoms with E-state index in [0.29, 0.717) is 12.5 Å². The lowest BCUT2D eigenvalue weighted by atomic mass is 9.97. The number of H-pyrrole nitrogens is 1. The van der Waals surface area contributed by atoms with Gasteiger partial charge in [0.15, 0.2) is 0 Å². The molecular formula is C14H22ClN7OS. The van der Waals surface area contributed by atoms with Gasteiger partial charge in [0, 0.05) is 31.0 Å². The number of carbonyl (C=O) groups excluding carboxylic acids is 1. The van der Waals surface area contributed by atoms with Crippen molar-refractivity contribution >= 4 is 30.1 Å². The van der Waals surface area contributed by atoms with Gasteiger partial charge < -0.3 is 10.6 Å². The number of halogens is 1. The molecule has 0 radical (unpaired) electrons. The zero-order valence-electron chi connectivity index (χ0n) is 13.3. The Labute approximate surface area is 150 Å². The summed E-state index contributed by atoms with van der Waals surface area (Å²) in [5.41, 5.74) is 1.08. The second-order valence-electron chi connectivity index (χ2n) is 5.49. The third kappa shape index (κ3) is 5.50. The van der Waals surface area contributed by atoms with E-state index in [1.807, 2.05) is 12.3 Å². The first kappa shape index (κ1) is 18.8. The van der Waals surface area contributed by atoms with Gasteiger partial charge in [-0.2, -0.15) is 15.4 Å². The van der Waals surface area contributed by atoms with Crippen molar-refractivity contribution in [3.05, 3.63) is 24.2 Å². The predicted octanol–water partition coefficient (Wildman–Crippen LogP) is 0.798. The van der Waals surface area contributed by atoms with E-state index in [4.69, 9.17) is 0 Å². The summed E-state index contributed by atoms with van der Waals surface area (Å²) in [5.74, 6) is 1.20. The van der Waals surface area contributed by atoms with Crippen LogP contribution in [-0.2, 0) is 11.3 Å². The fraction of sp³-hybridized carbons (Fsp3) is 0.571. The molecule has 132 valence electrons. The van der Waals surface area contributed by atoms with E-state index in [1.54, 1.807) is 22.6 Å². The van der Waals surface area contributed by atoms with Crippen molar-refractivity contribution in [1.82, 2.24) is 35.8 Å². The van der Waals surface area contributed by atoms with Crippen LogP contribution in [-0.4, -0.2) is 56.5 Å². The van der Waals surface area contributed by atoms with Crippen molar-refractivity contribution in [2.45, 2.75) is 30.3 Å². The van der Waals surface area contributed by atoms with Gasteiger partial charge in [-0.1, -0.05) is 0 Å². The van der Waals surface area contributed by atoms with Crippen LogP contribution in [0.2, 0.25) is 0 Å². The fourth-order valence-corrected chi connectivity index (χ4v) is 3.24. The second kappa shape index (κ2) is 9.65. The summed E-state index contributed by atoms with van der Waals surface area (Å²) in [4.78, 5) is 11.9. The number of nitrogens with zero attached hydrogens (tertiary/aromatic N) is 4. The Morgan fingerprint density at radius 1 is 1.50 bits per heavy atom. The first-order chi connectivity index (χ1) is 11.3. The third-order valence-electron chi connectivity index (χ3n) is 3.75. The number of carbonyl (C=O) groups is 1. The molecule has 0 bridgehead atoms. The Hall–Kier alpha value is -1.58. The number of thioether (sulfide) groups is 1. The van der Waals surface area contributed by atoms with E-state index in [2.05, 4.69) is 31.1 Å². The molecule has 1 aliphatic heterocycles. The van der Waals surface area contributed by atoms with Crippen LogP contribution < -0.4 is 10.6 Å². The molecule has 1 atom stereocenters. The minimum atomic E-state index is -0.0258. The van der Waals surface area contributed by atoms with Crippen LogP contribution in [0.25, 0.3) is 0 Å². The summed E-state index contributed by atoms with van der Waals surface area (Å²) in [6, 6.07) is 2.02. The Kier molecular flexibility index (Phi) is 7.54. The van der Waals surface area contributed by atoms with Crippen LogP contribution in [0.1, 0.15) is 24.5 Å². The molecule has 2 aromatic heterocycles. The SMILES string of the molecule is Cl.O=C(Cn1ccc(C2CCCNC2)n1)NCCSc1cn[nH]n1. The predicted molar refractivity (Wildman–Crippen MR) is 94.4 cm³/mol. The highest BCUT2D eigenvalue weighted by Crippen LogP contribution is 2.21. The Balaban J connectivity index is 0.00000208. The lowest BCUT2D eigenvalue weighted by Gasteiger charge is -2.20. The highest BCUT2D eigenvalue weighted by Gasteiger charge is 2.17. The first-order valence-corrected chi connectivity index (χ1v) is 8.79. The average Bonchev–Trinajstić information content (AvgIpc) is 3.24. The van der Waals surface area contributed by atoms with E-state index in [0.717, 1.165) is 36.0 Å². The summed E-state index contributed by atoms with van der Waals surface area (Å²) in [6.07, 6.45) is 5.89. The summed E-state index contributed by atoms with van der Waals surface area (Å²) in [6.45, 7) is 2.92. The van der Waals surface area contributed by atoms with E-state index in [-0.39, 0.29) is 24.9 Å². The Morgan fingerprint density at radius 2 is 2.42 bits per heavy atom. The Morgan fingerprint density at radius 3 is 3.17 bits per heavy atom. The molecule has 1 amide bonds. The van der Waals surface area contributed by atoms with Crippen molar-refractivity contribution in [1.29, 1.82) is 0 Å². The van der Waals surface area contributed by atoms with Gasteiger partial charge in [-0.15, -0.1) is 29.3 Å². The van der Waals surface area contributed by atoms with Crippen LogP contribution in [0.15, 0.2) is 23.5 Å². The second-order valence-corrected chi connectivity index (χ2v) is 6.60. The van der Waals surface area contributed by atoms with Crippen molar-refractivity contribution < 1.29 is 4.79 Å². The minimum Gasteiger partial charge on any atom is -0.354 e. The number of hydrogen-bond donors (Lipinski definition) is 3. The van der Waals surface area contributed by atoms with Gasteiger partial charge in [-0.05, 0) is 25.5 Å². The Bertz CT molecular complexity index is 612. The van der Waals surface area contributed by atoms with Crippen LogP contribution in [0.5, 0.6) is 0 Å². The molecule has 1 saturated heterocycles. The van der Waals surface area contributed by atoms with E-state index in [9.17, 15) is 4.79 Å². The molecule has 2 aromatic rings. The molecule has 1 fully saturated rings. The number of aromatic nitrogens is 5. The molecule has 3 heterocycles. The summed E-state index contributed by atoms with van der Waals surface area (Å²) in [5, 5.41) is 21.9. The molecule has 0 saturated carbocycles. The lowest BCUT2D eigenvalue weighted by molar-refractivity contribution is -0.121. The molecular weight excluding hydrogens is 350 g/mol. The summed E-state index contributed by atoms with van der Waals surface area (Å²) < 4.78 is 1.71. The van der Waals surface area contributed by atoms with Crippen molar-refractivity contribution in [2.24, 2.45) is 0 Å². The maximum Gasteiger partial charge on any atom is 0.241 e. The number of nitrogens with one attached hydrogen (secondary N) is 3. The molecule has 1 unspecified atom stereocenters. The molecule has 1 aliphatic rings. The van der Waals surface area contributed by atoms with Crippen LogP contribution in [0.4, 0.5) is 0 Å². The molecule has 10 heteroatoms. The maximum atomic E-state index is 11.9. The van der Waals surface area contributed by atoms with Crippen LogP contribution >= 0.6 is 24.2 Å². The quantitative estimate of drug-likeness (QED) is 0.491. The highest BCUT2D eigenvalue weighted by atomic mass is 35.5. The number of aromatic amines is 1. The number of piperidine rings is 1. The van der Waals surface area contributed by atoms with E-state index in [1.165, 1.54) is 6.42 Å². The summed E-state index contributed by atoms with van der Waals surface area (Å²) in [7, 11) is 0. The zero-order chi connectivity index (χ0) is 15.9. The summed E-state index contributed by atoms with van der Waals surface area (Å²) >= 11 is 1.55. The smallest absolute Gasteiger partial charge is 0.241 e. The fourth-order valence-electron chi connectivity index (χ4n) is 2.60. The monoisotopic (exact) mass is 371 g/mol. The molecule has 8 nitrogen and oxygen atoms in total. The van der Waals surface area contributed by atoms with E-state index >= 15 is 0 Å². The van der Waals surface area contributed by atoms with Crippen molar-refractivity contribution in [3.8, 4) is 0 Å². The van der Waals surface area contributed by atoms with Crippen molar-refractivity contribution in [2.75, 3.05) is 25.4 Å². The van der Waals surface area contributed by atoms with Gasteiger partial charge >= 0.3 is 0 Å². The van der Waals surface area contributed by atoms with Gasteiger partial charge in [0.25, 0.3) is 0 Å². The van der Waals surface area contributed by atoms with Gasteiger partial charge in [-0.3, -0.25) is 9.48 Å². The third-order valence-corrected chi connectivity index (χ3v) is 4.65. The number of hydrogen-bond acceptors (Lipinski definition) is 6. The van der Waals surface area contributed by atoms with Crippen LogP contribution in [0, 0.1) is 0 Å². The maximum absolute atomic E-state index is 11.9. The van der Waals surface area contributed by atoms with Gasteiger partial charge in [0.2, 0.25) is 5.91 Å². The van der Waals surface area contributed by atoms with Gasteiger partial charge in [-0.25, -0.2) is 0 Å². The van der Waals surface area contributed by atoms with Crippen molar-refractivity contribution in [3.63, 3.8) is 0 Å². The normalized spacial score (nSPS) is 17.2. The zero-order valence-corrected chi connectivity index (χ0v) is 14.9.